The Bertz CT molecular complexity index is 1700. The van der Waals surface area contributed by atoms with Crippen LogP contribution in [0.5, 0.6) is 0 Å². The molecule has 4 heterocycles. The van der Waals surface area contributed by atoms with Crippen LogP contribution in [0.3, 0.4) is 0 Å². The van der Waals surface area contributed by atoms with E-state index in [1.54, 1.807) is 0 Å². The molecule has 0 saturated carbocycles. The molecule has 2 aromatic carbocycles. The second-order valence-electron chi connectivity index (χ2n) is 14.2. The molecule has 1 N–H and O–H groups in total. The first-order valence-electron chi connectivity index (χ1n) is 18.5. The Kier molecular flexibility index (Phi) is 11.3. The van der Waals surface area contributed by atoms with Crippen molar-refractivity contribution in [3.05, 3.63) is 87.2 Å². The summed E-state index contributed by atoms with van der Waals surface area (Å²) in [7, 11) is 0. The largest absolute Gasteiger partial charge is 0.465 e. The van der Waals surface area contributed by atoms with E-state index in [9.17, 15) is 14.7 Å². The molecule has 3 aromatic rings. The number of ether oxygens (including phenoxy) is 1. The lowest BCUT2D eigenvalue weighted by atomic mass is 9.91. The van der Waals surface area contributed by atoms with Gasteiger partial charge in [-0.25, -0.2) is 4.79 Å². The lowest BCUT2D eigenvalue weighted by Gasteiger charge is -2.41. The first-order valence-corrected chi connectivity index (χ1v) is 18.5. The Morgan fingerprint density at radius 3 is 2.26 bits per heavy atom. The molecule has 10 heteroatoms. The summed E-state index contributed by atoms with van der Waals surface area (Å²) in [6.45, 7) is 14.7. The number of hydrogen-bond acceptors (Lipinski definition) is 5. The summed E-state index contributed by atoms with van der Waals surface area (Å²) in [5.74, 6) is -0.0402. The van der Waals surface area contributed by atoms with Crippen LogP contribution in [0.4, 0.5) is 4.79 Å². The van der Waals surface area contributed by atoms with Crippen molar-refractivity contribution in [2.24, 2.45) is 0 Å². The number of fused-ring (bicyclic) bond motifs is 2. The van der Waals surface area contributed by atoms with Crippen molar-refractivity contribution in [2.45, 2.75) is 85.4 Å². The molecule has 1 atom stereocenters. The fourth-order valence-corrected chi connectivity index (χ4v) is 7.70. The fourth-order valence-electron chi connectivity index (χ4n) is 7.70. The maximum atomic E-state index is 15.1. The molecule has 1 saturated heterocycles. The Labute approximate surface area is 296 Å². The minimum atomic E-state index is -0.957. The van der Waals surface area contributed by atoms with Crippen molar-refractivity contribution in [1.82, 2.24) is 24.2 Å². The van der Waals surface area contributed by atoms with Crippen LogP contribution in [-0.2, 0) is 30.7 Å². The predicted octanol–water partition coefficient (Wildman–Crippen LogP) is 6.07. The molecular formula is C40H53N5O5. The molecule has 0 spiro atoms. The van der Waals surface area contributed by atoms with E-state index < -0.39 is 6.09 Å². The zero-order valence-corrected chi connectivity index (χ0v) is 30.2. The van der Waals surface area contributed by atoms with Crippen LogP contribution in [0.15, 0.2) is 42.6 Å². The fraction of sp³-hybridized carbons (Fsp3) is 0.525. The van der Waals surface area contributed by atoms with E-state index in [0.29, 0.717) is 43.9 Å². The van der Waals surface area contributed by atoms with Gasteiger partial charge in [0.15, 0.2) is 0 Å². The Morgan fingerprint density at radius 1 is 0.880 bits per heavy atom. The number of benzene rings is 2. The third-order valence-corrected chi connectivity index (χ3v) is 10.9. The summed E-state index contributed by atoms with van der Waals surface area (Å²) in [6, 6.07) is 12.3. The van der Waals surface area contributed by atoms with Crippen molar-refractivity contribution in [3.63, 3.8) is 0 Å². The van der Waals surface area contributed by atoms with Crippen molar-refractivity contribution >= 4 is 17.9 Å². The normalized spacial score (nSPS) is 17.7. The van der Waals surface area contributed by atoms with E-state index in [0.717, 1.165) is 98.5 Å². The van der Waals surface area contributed by atoms with E-state index in [-0.39, 0.29) is 24.4 Å². The van der Waals surface area contributed by atoms with Gasteiger partial charge in [0, 0.05) is 70.3 Å². The predicted molar refractivity (Wildman–Crippen MR) is 194 cm³/mol. The maximum absolute atomic E-state index is 15.1. The van der Waals surface area contributed by atoms with Crippen LogP contribution in [0.2, 0.25) is 0 Å². The maximum Gasteiger partial charge on any atom is 0.407 e. The molecule has 6 rings (SSSR count). The number of nitrogens with zero attached hydrogens (tertiary/aromatic N) is 5. The Balaban J connectivity index is 1.43. The number of unbranched alkanes of at least 4 members (excludes halogenated alkanes) is 2. The van der Waals surface area contributed by atoms with Gasteiger partial charge in [-0.1, -0.05) is 51.0 Å². The number of amides is 3. The van der Waals surface area contributed by atoms with Gasteiger partial charge in [-0.2, -0.15) is 0 Å². The smallest absolute Gasteiger partial charge is 0.407 e. The second-order valence-corrected chi connectivity index (χ2v) is 14.2. The highest BCUT2D eigenvalue weighted by Crippen LogP contribution is 2.33. The number of carboxylic acid groups (broad SMARTS) is 1. The quantitative estimate of drug-likeness (QED) is 0.264. The summed E-state index contributed by atoms with van der Waals surface area (Å²) in [4.78, 5) is 49.0. The van der Waals surface area contributed by atoms with E-state index in [1.807, 2.05) is 46.5 Å². The SMILES string of the molecule is CCCCN(CCCC)C(=O)c1cn(-c2cc3c(cc2C(=O)N2Cc4ccccc4C[C@H]2CN2CCOCC2)CN(C(=O)O)CC3)c(C)c1C. The van der Waals surface area contributed by atoms with Gasteiger partial charge >= 0.3 is 6.09 Å². The van der Waals surface area contributed by atoms with Crippen LogP contribution < -0.4 is 0 Å². The average molecular weight is 684 g/mol. The zero-order chi connectivity index (χ0) is 35.4. The van der Waals surface area contributed by atoms with Crippen molar-refractivity contribution in [1.29, 1.82) is 0 Å². The average Bonchev–Trinajstić information content (AvgIpc) is 3.43. The molecule has 50 heavy (non-hydrogen) atoms. The van der Waals surface area contributed by atoms with Gasteiger partial charge in [0.1, 0.15) is 0 Å². The highest BCUT2D eigenvalue weighted by Gasteiger charge is 2.35. The monoisotopic (exact) mass is 683 g/mol. The number of carbonyl (C=O) groups excluding carboxylic acids is 2. The van der Waals surface area contributed by atoms with Gasteiger partial charge in [0.25, 0.3) is 11.8 Å². The molecule has 268 valence electrons. The van der Waals surface area contributed by atoms with Gasteiger partial charge in [-0.05, 0) is 79.5 Å². The molecule has 0 radical (unpaired) electrons. The standard InChI is InChI=1S/C40H53N5O5/c1-5-7-14-42(15-8-6-2)38(46)36-27-44(29(4)28(36)3)37-23-31-13-16-43(40(48)49)24-33(31)22-35(37)39(47)45-25-32-12-10-9-11-30(32)21-34(45)26-41-17-19-50-20-18-41/h9-12,22-23,27,34H,5-8,13-21,24-26H2,1-4H3,(H,48,49)/t34-/m0/s1. The van der Waals surface area contributed by atoms with Gasteiger partial charge in [-0.15, -0.1) is 0 Å². The van der Waals surface area contributed by atoms with Crippen molar-refractivity contribution in [2.75, 3.05) is 52.5 Å². The molecule has 0 bridgehead atoms. The molecule has 1 fully saturated rings. The summed E-state index contributed by atoms with van der Waals surface area (Å²) in [6.07, 6.45) is 6.24. The number of rotatable bonds is 11. The number of carbonyl (C=O) groups is 3. The molecule has 10 nitrogen and oxygen atoms in total. The van der Waals surface area contributed by atoms with Gasteiger partial charge in [-0.3, -0.25) is 14.5 Å². The molecule has 3 aliphatic rings. The van der Waals surface area contributed by atoms with Crippen molar-refractivity contribution in [3.8, 4) is 5.69 Å². The topological polar surface area (TPSA) is 98.6 Å². The minimum Gasteiger partial charge on any atom is -0.465 e. The molecule has 0 unspecified atom stereocenters. The first-order chi connectivity index (χ1) is 24.2. The highest BCUT2D eigenvalue weighted by atomic mass is 16.5. The Hall–Kier alpha value is -4.15. The molecule has 3 amide bonds. The van der Waals surface area contributed by atoms with Crippen LogP contribution in [0, 0.1) is 13.8 Å². The zero-order valence-electron chi connectivity index (χ0n) is 30.2. The molecule has 3 aliphatic heterocycles. The molecule has 0 aliphatic carbocycles. The number of morpholine rings is 1. The third-order valence-electron chi connectivity index (χ3n) is 10.9. The van der Waals surface area contributed by atoms with E-state index in [4.69, 9.17) is 4.74 Å². The summed E-state index contributed by atoms with van der Waals surface area (Å²) >= 11 is 0. The summed E-state index contributed by atoms with van der Waals surface area (Å²) in [5.41, 5.74) is 8.10. The second kappa shape index (κ2) is 15.8. The molecular weight excluding hydrogens is 630 g/mol. The highest BCUT2D eigenvalue weighted by molar-refractivity contribution is 6.00. The van der Waals surface area contributed by atoms with Crippen LogP contribution >= 0.6 is 0 Å². The first kappa shape index (κ1) is 35.7. The van der Waals surface area contributed by atoms with Gasteiger partial charge < -0.3 is 29.1 Å². The van der Waals surface area contributed by atoms with Crippen LogP contribution in [0.1, 0.15) is 93.8 Å². The number of aromatic nitrogens is 1. The van der Waals surface area contributed by atoms with Gasteiger partial charge in [0.2, 0.25) is 0 Å². The number of hydrogen-bond donors (Lipinski definition) is 1. The van der Waals surface area contributed by atoms with Crippen LogP contribution in [-0.4, -0.2) is 106 Å². The third kappa shape index (κ3) is 7.47. The lowest BCUT2D eigenvalue weighted by Crippen LogP contribution is -2.52. The lowest BCUT2D eigenvalue weighted by molar-refractivity contribution is 0.0192. The van der Waals surface area contributed by atoms with Gasteiger partial charge in [0.05, 0.1) is 30.0 Å². The van der Waals surface area contributed by atoms with Crippen molar-refractivity contribution < 1.29 is 24.2 Å². The summed E-state index contributed by atoms with van der Waals surface area (Å²) in [5, 5.41) is 9.83. The van der Waals surface area contributed by atoms with Crippen LogP contribution in [0.25, 0.3) is 5.69 Å². The molecule has 1 aromatic heterocycles. The summed E-state index contributed by atoms with van der Waals surface area (Å²) < 4.78 is 7.66. The van der Waals surface area contributed by atoms with E-state index in [1.165, 1.54) is 10.5 Å². The van der Waals surface area contributed by atoms with E-state index in [2.05, 4.69) is 43.0 Å². The minimum absolute atomic E-state index is 0.0346. The Morgan fingerprint density at radius 2 is 1.58 bits per heavy atom. The van der Waals surface area contributed by atoms with E-state index >= 15 is 4.79 Å².